The minimum atomic E-state index is 0.0492. The molecule has 0 fully saturated rings. The van der Waals surface area contributed by atoms with Crippen LogP contribution < -0.4 is 5.32 Å². The van der Waals surface area contributed by atoms with Crippen LogP contribution in [0, 0.1) is 0 Å². The van der Waals surface area contributed by atoms with Gasteiger partial charge in [-0.25, -0.2) is 0 Å². The molecule has 0 heterocycles. The largest absolute Gasteiger partial charge is 0.508 e. The van der Waals surface area contributed by atoms with E-state index in [9.17, 15) is 9.90 Å². The number of hydrogen-bond acceptors (Lipinski definition) is 3. The smallest absolute Gasteiger partial charge is 0.219 e. The van der Waals surface area contributed by atoms with Gasteiger partial charge in [0.2, 0.25) is 5.91 Å². The van der Waals surface area contributed by atoms with E-state index in [0.29, 0.717) is 13.1 Å². The van der Waals surface area contributed by atoms with E-state index in [-0.39, 0.29) is 11.7 Å². The van der Waals surface area contributed by atoms with Gasteiger partial charge < -0.3 is 15.3 Å². The van der Waals surface area contributed by atoms with Crippen LogP contribution in [-0.4, -0.2) is 23.0 Å². The Kier molecular flexibility index (Phi) is 4.82. The molecular formula is C17H20N2O2. The molecule has 2 aromatic rings. The predicted octanol–water partition coefficient (Wildman–Crippen LogP) is 2.98. The average Bonchev–Trinajstić information content (AvgIpc) is 2.45. The van der Waals surface area contributed by atoms with E-state index in [1.165, 1.54) is 0 Å². The molecule has 2 rings (SSSR count). The number of amides is 1. The second-order valence-electron chi connectivity index (χ2n) is 5.10. The average molecular weight is 284 g/mol. The predicted molar refractivity (Wildman–Crippen MR) is 84.0 cm³/mol. The molecule has 0 aliphatic rings. The van der Waals surface area contributed by atoms with Crippen LogP contribution in [0.1, 0.15) is 18.1 Å². The van der Waals surface area contributed by atoms with Gasteiger partial charge in [-0.15, -0.1) is 0 Å². The maximum Gasteiger partial charge on any atom is 0.219 e. The molecule has 0 atom stereocenters. The summed E-state index contributed by atoms with van der Waals surface area (Å²) in [4.78, 5) is 12.9. The number of benzene rings is 2. The van der Waals surface area contributed by atoms with Crippen molar-refractivity contribution in [3.8, 4) is 5.75 Å². The molecule has 0 bridgehead atoms. The first kappa shape index (κ1) is 14.9. The number of phenolic OH excluding ortho intramolecular Hbond substituents is 1. The van der Waals surface area contributed by atoms with E-state index < -0.39 is 0 Å². The number of hydrogen-bond donors (Lipinski definition) is 2. The topological polar surface area (TPSA) is 52.6 Å². The zero-order valence-electron chi connectivity index (χ0n) is 12.3. The molecule has 0 aliphatic carbocycles. The molecular weight excluding hydrogens is 264 g/mol. The van der Waals surface area contributed by atoms with Gasteiger partial charge in [-0.2, -0.15) is 0 Å². The molecule has 21 heavy (non-hydrogen) atoms. The minimum Gasteiger partial charge on any atom is -0.508 e. The summed E-state index contributed by atoms with van der Waals surface area (Å²) in [6, 6.07) is 15.2. The lowest BCUT2D eigenvalue weighted by atomic mass is 10.1. The molecule has 0 saturated carbocycles. The van der Waals surface area contributed by atoms with Crippen LogP contribution in [-0.2, 0) is 17.9 Å². The van der Waals surface area contributed by atoms with Crippen molar-refractivity contribution in [3.63, 3.8) is 0 Å². The Bertz CT molecular complexity index is 626. The highest BCUT2D eigenvalue weighted by Gasteiger charge is 2.04. The summed E-state index contributed by atoms with van der Waals surface area (Å²) in [6.45, 7) is 2.79. The summed E-state index contributed by atoms with van der Waals surface area (Å²) in [7, 11) is 1.79. The standard InChI is InChI=1S/C17H20N2O2/c1-13(20)19(2)12-15-6-3-7-16(9-15)18-11-14-5-4-8-17(21)10-14/h3-10,18,21H,11-12H2,1-2H3. The van der Waals surface area contributed by atoms with Crippen LogP contribution in [0.3, 0.4) is 0 Å². The number of aromatic hydroxyl groups is 1. The summed E-state index contributed by atoms with van der Waals surface area (Å²) >= 11 is 0. The third-order valence-electron chi connectivity index (χ3n) is 3.29. The molecule has 2 N–H and O–H groups in total. The van der Waals surface area contributed by atoms with E-state index in [1.807, 2.05) is 36.4 Å². The van der Waals surface area contributed by atoms with Crippen LogP contribution >= 0.6 is 0 Å². The van der Waals surface area contributed by atoms with Crippen molar-refractivity contribution in [2.45, 2.75) is 20.0 Å². The van der Waals surface area contributed by atoms with E-state index >= 15 is 0 Å². The number of nitrogens with zero attached hydrogens (tertiary/aromatic N) is 1. The van der Waals surface area contributed by atoms with E-state index in [1.54, 1.807) is 31.0 Å². The lowest BCUT2D eigenvalue weighted by Crippen LogP contribution is -2.22. The van der Waals surface area contributed by atoms with Crippen molar-refractivity contribution >= 4 is 11.6 Å². The number of nitrogens with one attached hydrogen (secondary N) is 1. The second-order valence-corrected chi connectivity index (χ2v) is 5.10. The van der Waals surface area contributed by atoms with Gasteiger partial charge in [0.1, 0.15) is 5.75 Å². The fourth-order valence-corrected chi connectivity index (χ4v) is 2.04. The Balaban J connectivity index is 1.99. The SMILES string of the molecule is CC(=O)N(C)Cc1cccc(NCc2cccc(O)c2)c1. The summed E-state index contributed by atoms with van der Waals surface area (Å²) in [5.41, 5.74) is 3.09. The zero-order valence-corrected chi connectivity index (χ0v) is 12.3. The second kappa shape index (κ2) is 6.79. The number of phenols is 1. The number of rotatable bonds is 5. The highest BCUT2D eigenvalue weighted by Crippen LogP contribution is 2.15. The number of carbonyl (C=O) groups is 1. The van der Waals surface area contributed by atoms with Crippen molar-refractivity contribution in [1.82, 2.24) is 4.90 Å². The summed E-state index contributed by atoms with van der Waals surface area (Å²) in [6.07, 6.45) is 0. The van der Waals surface area contributed by atoms with E-state index in [4.69, 9.17) is 0 Å². The molecule has 1 amide bonds. The third kappa shape index (κ3) is 4.53. The number of carbonyl (C=O) groups excluding carboxylic acids is 1. The van der Waals surface area contributed by atoms with E-state index in [2.05, 4.69) is 5.32 Å². The first-order valence-electron chi connectivity index (χ1n) is 6.87. The van der Waals surface area contributed by atoms with Gasteiger partial charge in [-0.3, -0.25) is 4.79 Å². The molecule has 110 valence electrons. The van der Waals surface area contributed by atoms with Crippen molar-refractivity contribution in [2.75, 3.05) is 12.4 Å². The highest BCUT2D eigenvalue weighted by molar-refractivity contribution is 5.72. The van der Waals surface area contributed by atoms with Gasteiger partial charge in [0.05, 0.1) is 0 Å². The summed E-state index contributed by atoms with van der Waals surface area (Å²) in [5.74, 6) is 0.319. The first-order valence-corrected chi connectivity index (χ1v) is 6.87. The lowest BCUT2D eigenvalue weighted by Gasteiger charge is -2.15. The Morgan fingerprint density at radius 2 is 1.86 bits per heavy atom. The van der Waals surface area contributed by atoms with Gasteiger partial charge in [-0.05, 0) is 35.4 Å². The Labute approximate surface area is 125 Å². The molecule has 0 aromatic heterocycles. The fourth-order valence-electron chi connectivity index (χ4n) is 2.04. The Morgan fingerprint density at radius 1 is 1.14 bits per heavy atom. The molecule has 0 radical (unpaired) electrons. The fraction of sp³-hybridized carbons (Fsp3) is 0.235. The minimum absolute atomic E-state index is 0.0492. The molecule has 0 saturated heterocycles. The van der Waals surface area contributed by atoms with Crippen molar-refractivity contribution in [1.29, 1.82) is 0 Å². The molecule has 4 nitrogen and oxygen atoms in total. The monoisotopic (exact) mass is 284 g/mol. The molecule has 0 unspecified atom stereocenters. The van der Waals surface area contributed by atoms with Crippen LogP contribution in [0.25, 0.3) is 0 Å². The van der Waals surface area contributed by atoms with Crippen molar-refractivity contribution < 1.29 is 9.90 Å². The summed E-state index contributed by atoms with van der Waals surface area (Å²) < 4.78 is 0. The van der Waals surface area contributed by atoms with Gasteiger partial charge in [-0.1, -0.05) is 24.3 Å². The van der Waals surface area contributed by atoms with Crippen LogP contribution in [0.2, 0.25) is 0 Å². The van der Waals surface area contributed by atoms with Crippen LogP contribution in [0.15, 0.2) is 48.5 Å². The number of anilines is 1. The van der Waals surface area contributed by atoms with Crippen molar-refractivity contribution in [2.24, 2.45) is 0 Å². The van der Waals surface area contributed by atoms with Crippen molar-refractivity contribution in [3.05, 3.63) is 59.7 Å². The quantitative estimate of drug-likeness (QED) is 0.887. The Morgan fingerprint density at radius 3 is 2.57 bits per heavy atom. The maximum atomic E-state index is 11.3. The van der Waals surface area contributed by atoms with Crippen LogP contribution in [0.5, 0.6) is 5.75 Å². The third-order valence-corrected chi connectivity index (χ3v) is 3.29. The van der Waals surface area contributed by atoms with Gasteiger partial charge in [0, 0.05) is 32.7 Å². The first-order chi connectivity index (χ1) is 10.0. The molecule has 4 heteroatoms. The maximum absolute atomic E-state index is 11.3. The van der Waals surface area contributed by atoms with Crippen LogP contribution in [0.4, 0.5) is 5.69 Å². The Hall–Kier alpha value is -2.49. The molecule has 0 aliphatic heterocycles. The summed E-state index contributed by atoms with van der Waals surface area (Å²) in [5, 5.41) is 12.8. The van der Waals surface area contributed by atoms with Gasteiger partial charge in [0.25, 0.3) is 0 Å². The normalized spacial score (nSPS) is 10.2. The van der Waals surface area contributed by atoms with Gasteiger partial charge in [0.15, 0.2) is 0 Å². The highest BCUT2D eigenvalue weighted by atomic mass is 16.3. The van der Waals surface area contributed by atoms with Gasteiger partial charge >= 0.3 is 0 Å². The molecule has 2 aromatic carbocycles. The van der Waals surface area contributed by atoms with E-state index in [0.717, 1.165) is 16.8 Å². The zero-order chi connectivity index (χ0) is 15.2. The molecule has 0 spiro atoms. The lowest BCUT2D eigenvalue weighted by molar-refractivity contribution is -0.128.